The maximum atomic E-state index is 13.4. The maximum Gasteiger partial charge on any atom is 0.251 e. The van der Waals surface area contributed by atoms with Crippen LogP contribution in [0.5, 0.6) is 23.0 Å². The molecule has 3 aromatic carbocycles. The fourth-order valence-corrected chi connectivity index (χ4v) is 5.26. The molecule has 0 aliphatic rings. The van der Waals surface area contributed by atoms with Crippen molar-refractivity contribution in [3.8, 4) is 28.7 Å². The first-order valence-electron chi connectivity index (χ1n) is 14.7. The Balaban J connectivity index is 1.57. The van der Waals surface area contributed by atoms with Crippen molar-refractivity contribution in [2.75, 3.05) is 38.0 Å². The predicted octanol–water partition coefficient (Wildman–Crippen LogP) is 5.75. The summed E-state index contributed by atoms with van der Waals surface area (Å²) >= 11 is 1.26. The average Bonchev–Trinajstić information content (AvgIpc) is 3.44. The molecule has 0 radical (unpaired) electrons. The highest BCUT2D eigenvalue weighted by atomic mass is 32.2. The van der Waals surface area contributed by atoms with Crippen LogP contribution in [0.4, 0.5) is 5.69 Å². The summed E-state index contributed by atoms with van der Waals surface area (Å²) in [4.78, 5) is 26.2. The van der Waals surface area contributed by atoms with Gasteiger partial charge in [-0.15, -0.1) is 10.2 Å². The Bertz CT molecular complexity index is 1600. The Hall–Kier alpha value is -4.71. The van der Waals surface area contributed by atoms with Crippen LogP contribution in [0.1, 0.15) is 48.1 Å². The molecule has 0 atom stereocenters. The highest BCUT2D eigenvalue weighted by molar-refractivity contribution is 7.99. The number of benzene rings is 3. The Morgan fingerprint density at radius 2 is 1.53 bits per heavy atom. The third kappa shape index (κ3) is 8.48. The van der Waals surface area contributed by atoms with Crippen LogP contribution in [-0.4, -0.2) is 59.3 Å². The number of aryl methyl sites for hydroxylation is 2. The number of nitrogens with one attached hydrogen (secondary N) is 2. The molecule has 1 aromatic heterocycles. The molecule has 1 heterocycles. The van der Waals surface area contributed by atoms with Crippen molar-refractivity contribution >= 4 is 29.3 Å². The van der Waals surface area contributed by atoms with Crippen molar-refractivity contribution < 1.29 is 28.5 Å². The number of aromatic nitrogens is 3. The van der Waals surface area contributed by atoms with Gasteiger partial charge in [0.25, 0.3) is 5.91 Å². The molecule has 0 unspecified atom stereocenters. The summed E-state index contributed by atoms with van der Waals surface area (Å²) in [7, 11) is 1.59. The van der Waals surface area contributed by atoms with E-state index in [2.05, 4.69) is 20.8 Å². The lowest BCUT2D eigenvalue weighted by atomic mass is 10.1. The molecule has 0 fully saturated rings. The summed E-state index contributed by atoms with van der Waals surface area (Å²) in [6, 6.07) is 16.5. The zero-order chi connectivity index (χ0) is 32.3. The topological polar surface area (TPSA) is 126 Å². The van der Waals surface area contributed by atoms with Gasteiger partial charge >= 0.3 is 0 Å². The van der Waals surface area contributed by atoms with Gasteiger partial charge in [-0.1, -0.05) is 23.9 Å². The normalized spacial score (nSPS) is 10.7. The molecule has 2 amide bonds. The number of carbonyl (C=O) groups is 2. The number of anilines is 1. The number of hydrogen-bond donors (Lipinski definition) is 2. The molecule has 238 valence electrons. The van der Waals surface area contributed by atoms with Gasteiger partial charge in [-0.2, -0.15) is 0 Å². The first-order chi connectivity index (χ1) is 21.8. The van der Waals surface area contributed by atoms with Crippen molar-refractivity contribution in [2.24, 2.45) is 0 Å². The van der Waals surface area contributed by atoms with E-state index in [9.17, 15) is 9.59 Å². The van der Waals surface area contributed by atoms with E-state index in [0.29, 0.717) is 65.1 Å². The summed E-state index contributed by atoms with van der Waals surface area (Å²) in [5.41, 5.74) is 3.92. The molecule has 0 spiro atoms. The lowest BCUT2D eigenvalue weighted by Gasteiger charge is -2.17. The first kappa shape index (κ1) is 33.2. The Labute approximate surface area is 267 Å². The van der Waals surface area contributed by atoms with Gasteiger partial charge in [0.2, 0.25) is 11.7 Å². The number of methoxy groups -OCH3 is 1. The lowest BCUT2D eigenvalue weighted by molar-refractivity contribution is -0.113. The van der Waals surface area contributed by atoms with E-state index in [0.717, 1.165) is 16.8 Å². The Morgan fingerprint density at radius 1 is 0.867 bits per heavy atom. The second-order valence-electron chi connectivity index (χ2n) is 9.87. The quantitative estimate of drug-likeness (QED) is 0.157. The summed E-state index contributed by atoms with van der Waals surface area (Å²) in [6.45, 7) is 10.9. The molecule has 0 saturated heterocycles. The number of hydrogen-bond acceptors (Lipinski definition) is 9. The largest absolute Gasteiger partial charge is 0.497 e. The van der Waals surface area contributed by atoms with Crippen LogP contribution < -0.4 is 29.6 Å². The van der Waals surface area contributed by atoms with Gasteiger partial charge in [-0.25, -0.2) is 0 Å². The number of amides is 2. The summed E-state index contributed by atoms with van der Waals surface area (Å²) in [6.07, 6.45) is 0. The third-order valence-corrected chi connectivity index (χ3v) is 7.52. The lowest BCUT2D eigenvalue weighted by Crippen LogP contribution is -2.25. The highest BCUT2D eigenvalue weighted by Gasteiger charge is 2.21. The number of carbonyl (C=O) groups excluding carboxylic acids is 2. The van der Waals surface area contributed by atoms with Gasteiger partial charge < -0.3 is 29.6 Å². The highest BCUT2D eigenvalue weighted by Crippen LogP contribution is 2.39. The second kappa shape index (κ2) is 15.8. The molecule has 2 N–H and O–H groups in total. The van der Waals surface area contributed by atoms with Crippen LogP contribution in [-0.2, 0) is 11.3 Å². The molecule has 4 rings (SSSR count). The molecule has 4 aromatic rings. The van der Waals surface area contributed by atoms with E-state index in [1.807, 2.05) is 57.4 Å². The smallest absolute Gasteiger partial charge is 0.251 e. The minimum Gasteiger partial charge on any atom is -0.497 e. The van der Waals surface area contributed by atoms with Crippen LogP contribution in [0, 0.1) is 13.8 Å². The van der Waals surface area contributed by atoms with Gasteiger partial charge in [0.15, 0.2) is 22.5 Å². The average molecular weight is 634 g/mol. The van der Waals surface area contributed by atoms with Gasteiger partial charge in [0.1, 0.15) is 5.75 Å². The predicted molar refractivity (Wildman–Crippen MR) is 174 cm³/mol. The van der Waals surface area contributed by atoms with Crippen molar-refractivity contribution in [2.45, 2.75) is 46.3 Å². The third-order valence-electron chi connectivity index (χ3n) is 6.59. The SMILES string of the molecule is CCOc1cc(C(=O)NCc2nnc(SCC(=O)Nc3ccc(OC)cc3)n2-c2cc(C)ccc2C)cc(OCC)c1OCC. The molecule has 0 aliphatic heterocycles. The molecule has 0 aliphatic carbocycles. The van der Waals surface area contributed by atoms with E-state index in [1.165, 1.54) is 11.8 Å². The molecular formula is C33H39N5O6S. The van der Waals surface area contributed by atoms with Gasteiger partial charge in [-0.05, 0) is 88.2 Å². The van der Waals surface area contributed by atoms with E-state index in [1.54, 1.807) is 43.5 Å². The van der Waals surface area contributed by atoms with E-state index >= 15 is 0 Å². The molecule has 11 nitrogen and oxygen atoms in total. The number of rotatable bonds is 15. The van der Waals surface area contributed by atoms with Crippen molar-refractivity contribution in [1.82, 2.24) is 20.1 Å². The fourth-order valence-electron chi connectivity index (χ4n) is 4.49. The minimum absolute atomic E-state index is 0.0823. The van der Waals surface area contributed by atoms with Crippen LogP contribution in [0.2, 0.25) is 0 Å². The van der Waals surface area contributed by atoms with Crippen LogP contribution in [0.25, 0.3) is 5.69 Å². The van der Waals surface area contributed by atoms with Crippen LogP contribution in [0.3, 0.4) is 0 Å². The molecule has 0 saturated carbocycles. The number of ether oxygens (including phenoxy) is 4. The summed E-state index contributed by atoms with van der Waals surface area (Å²) in [5.74, 6) is 2.11. The van der Waals surface area contributed by atoms with E-state index in [-0.39, 0.29) is 24.1 Å². The maximum absolute atomic E-state index is 13.4. The van der Waals surface area contributed by atoms with E-state index in [4.69, 9.17) is 18.9 Å². The molecule has 12 heteroatoms. The Morgan fingerprint density at radius 3 is 2.16 bits per heavy atom. The monoisotopic (exact) mass is 633 g/mol. The zero-order valence-corrected chi connectivity index (χ0v) is 27.2. The van der Waals surface area contributed by atoms with Crippen molar-refractivity contribution in [1.29, 1.82) is 0 Å². The molecule has 45 heavy (non-hydrogen) atoms. The molecule has 0 bridgehead atoms. The summed E-state index contributed by atoms with van der Waals surface area (Å²) < 4.78 is 24.4. The van der Waals surface area contributed by atoms with Crippen molar-refractivity contribution in [3.05, 3.63) is 77.1 Å². The number of nitrogens with zero attached hydrogens (tertiary/aromatic N) is 3. The van der Waals surface area contributed by atoms with Gasteiger partial charge in [-0.3, -0.25) is 14.2 Å². The zero-order valence-electron chi connectivity index (χ0n) is 26.4. The first-order valence-corrected chi connectivity index (χ1v) is 15.7. The minimum atomic E-state index is -0.344. The van der Waals surface area contributed by atoms with Crippen LogP contribution >= 0.6 is 11.8 Å². The van der Waals surface area contributed by atoms with E-state index < -0.39 is 0 Å². The van der Waals surface area contributed by atoms with Gasteiger partial charge in [0, 0.05) is 11.3 Å². The fraction of sp³-hybridized carbons (Fsp3) is 0.333. The standard InChI is InChI=1S/C33H39N5O6S/c1-7-42-27-17-23(18-28(43-8-2)31(27)44-9-3)32(40)34-19-29-36-37-33(38(29)26-16-21(4)10-11-22(26)5)45-20-30(39)35-24-12-14-25(41-6)15-13-24/h10-18H,7-9,19-20H2,1-6H3,(H,34,40)(H,35,39). The second-order valence-corrected chi connectivity index (χ2v) is 10.8. The summed E-state index contributed by atoms with van der Waals surface area (Å²) in [5, 5.41) is 15.2. The van der Waals surface area contributed by atoms with Crippen LogP contribution in [0.15, 0.2) is 59.8 Å². The Kier molecular flexibility index (Phi) is 11.7. The van der Waals surface area contributed by atoms with Gasteiger partial charge in [0.05, 0.1) is 44.9 Å². The number of thioether (sulfide) groups is 1. The molecular weight excluding hydrogens is 594 g/mol. The van der Waals surface area contributed by atoms with Crippen molar-refractivity contribution in [3.63, 3.8) is 0 Å².